The standard InChI is InChI=1S/C18H18N2O/c1-13-11-19-17-18(21,14-7-3-2-4-8-14)15-9-5-6-10-16(15)20(17)12-13/h2-10,13,21H,11-12H2,1H3. The number of hydrogen-bond acceptors (Lipinski definition) is 3. The van der Waals surface area contributed by atoms with Crippen LogP contribution in [-0.2, 0) is 5.60 Å². The summed E-state index contributed by atoms with van der Waals surface area (Å²) in [5, 5.41) is 11.5. The summed E-state index contributed by atoms with van der Waals surface area (Å²) in [6.45, 7) is 3.88. The van der Waals surface area contributed by atoms with Crippen LogP contribution in [0.25, 0.3) is 0 Å². The van der Waals surface area contributed by atoms with Crippen molar-refractivity contribution in [1.29, 1.82) is 0 Å². The molecule has 0 radical (unpaired) electrons. The summed E-state index contributed by atoms with van der Waals surface area (Å²) >= 11 is 0. The summed E-state index contributed by atoms with van der Waals surface area (Å²) in [6.07, 6.45) is 0. The van der Waals surface area contributed by atoms with Crippen LogP contribution in [0.2, 0.25) is 0 Å². The fraction of sp³-hybridized carbons (Fsp3) is 0.278. The number of aliphatic hydroxyl groups is 1. The van der Waals surface area contributed by atoms with E-state index in [1.54, 1.807) is 0 Å². The molecule has 106 valence electrons. The smallest absolute Gasteiger partial charge is 0.174 e. The lowest BCUT2D eigenvalue weighted by molar-refractivity contribution is 0.158. The number of rotatable bonds is 1. The average Bonchev–Trinajstić information content (AvgIpc) is 2.79. The highest BCUT2D eigenvalue weighted by Gasteiger charge is 2.49. The van der Waals surface area contributed by atoms with Gasteiger partial charge in [-0.25, -0.2) is 0 Å². The molecular weight excluding hydrogens is 260 g/mol. The molecule has 4 rings (SSSR count). The second-order valence-electron chi connectivity index (χ2n) is 5.97. The van der Waals surface area contributed by atoms with Crippen LogP contribution in [0.3, 0.4) is 0 Å². The first kappa shape index (κ1) is 12.6. The molecule has 21 heavy (non-hydrogen) atoms. The van der Waals surface area contributed by atoms with E-state index in [1.807, 2.05) is 48.5 Å². The minimum Gasteiger partial charge on any atom is -0.373 e. The Morgan fingerprint density at radius 3 is 2.62 bits per heavy atom. The summed E-state index contributed by atoms with van der Waals surface area (Å²) in [5.74, 6) is 1.27. The highest BCUT2D eigenvalue weighted by atomic mass is 16.3. The van der Waals surface area contributed by atoms with Crippen LogP contribution in [-0.4, -0.2) is 24.0 Å². The van der Waals surface area contributed by atoms with Crippen molar-refractivity contribution in [1.82, 2.24) is 0 Å². The van der Waals surface area contributed by atoms with Gasteiger partial charge in [0.1, 0.15) is 5.84 Å². The van der Waals surface area contributed by atoms with E-state index in [-0.39, 0.29) is 0 Å². The van der Waals surface area contributed by atoms with Crippen LogP contribution in [0.5, 0.6) is 0 Å². The molecule has 3 nitrogen and oxygen atoms in total. The summed E-state index contributed by atoms with van der Waals surface area (Å²) < 4.78 is 0. The van der Waals surface area contributed by atoms with E-state index in [4.69, 9.17) is 4.99 Å². The van der Waals surface area contributed by atoms with Gasteiger partial charge in [-0.1, -0.05) is 55.5 Å². The monoisotopic (exact) mass is 278 g/mol. The van der Waals surface area contributed by atoms with Gasteiger partial charge in [-0.2, -0.15) is 0 Å². The molecule has 0 fully saturated rings. The van der Waals surface area contributed by atoms with E-state index in [0.29, 0.717) is 5.92 Å². The van der Waals surface area contributed by atoms with E-state index in [1.165, 1.54) is 0 Å². The molecule has 2 aromatic rings. The number of anilines is 1. The minimum atomic E-state index is -1.13. The van der Waals surface area contributed by atoms with Crippen molar-refractivity contribution in [2.24, 2.45) is 10.9 Å². The molecule has 0 aliphatic carbocycles. The Labute approximate surface area is 124 Å². The quantitative estimate of drug-likeness (QED) is 0.870. The molecule has 3 heteroatoms. The second kappa shape index (κ2) is 4.43. The highest BCUT2D eigenvalue weighted by Crippen LogP contribution is 2.46. The Kier molecular flexibility index (Phi) is 2.66. The van der Waals surface area contributed by atoms with Crippen molar-refractivity contribution < 1.29 is 5.11 Å². The fourth-order valence-corrected chi connectivity index (χ4v) is 3.41. The molecule has 2 unspecified atom stereocenters. The van der Waals surface area contributed by atoms with Gasteiger partial charge in [-0.3, -0.25) is 4.99 Å². The van der Waals surface area contributed by atoms with Gasteiger partial charge in [-0.15, -0.1) is 0 Å². The van der Waals surface area contributed by atoms with Gasteiger partial charge < -0.3 is 10.0 Å². The van der Waals surface area contributed by atoms with Crippen LogP contribution >= 0.6 is 0 Å². The summed E-state index contributed by atoms with van der Waals surface area (Å²) in [5.41, 5.74) is 1.77. The predicted octanol–water partition coefficient (Wildman–Crippen LogP) is 2.79. The molecule has 0 bridgehead atoms. The normalized spacial score (nSPS) is 27.0. The van der Waals surface area contributed by atoms with Gasteiger partial charge in [0.15, 0.2) is 5.60 Å². The Bertz CT molecular complexity index is 710. The third-order valence-corrected chi connectivity index (χ3v) is 4.40. The Morgan fingerprint density at radius 2 is 1.81 bits per heavy atom. The molecule has 1 N–H and O–H groups in total. The maximum atomic E-state index is 11.5. The molecule has 2 heterocycles. The molecule has 0 aromatic heterocycles. The predicted molar refractivity (Wildman–Crippen MR) is 84.7 cm³/mol. The number of benzene rings is 2. The largest absolute Gasteiger partial charge is 0.373 e. The zero-order valence-electron chi connectivity index (χ0n) is 12.0. The lowest BCUT2D eigenvalue weighted by Gasteiger charge is -2.32. The van der Waals surface area contributed by atoms with Crippen molar-refractivity contribution in [2.75, 3.05) is 18.0 Å². The van der Waals surface area contributed by atoms with Gasteiger partial charge in [-0.05, 0) is 17.5 Å². The number of hydrogen-bond donors (Lipinski definition) is 1. The first-order chi connectivity index (χ1) is 10.2. The third kappa shape index (κ3) is 1.67. The molecule has 2 atom stereocenters. The molecule has 0 spiro atoms. The van der Waals surface area contributed by atoms with Gasteiger partial charge in [0.25, 0.3) is 0 Å². The van der Waals surface area contributed by atoms with E-state index in [9.17, 15) is 5.11 Å². The Morgan fingerprint density at radius 1 is 1.10 bits per heavy atom. The van der Waals surface area contributed by atoms with Crippen LogP contribution in [0.15, 0.2) is 59.6 Å². The molecule has 0 amide bonds. The third-order valence-electron chi connectivity index (χ3n) is 4.40. The van der Waals surface area contributed by atoms with Crippen molar-refractivity contribution >= 4 is 11.5 Å². The Balaban J connectivity index is 1.98. The second-order valence-corrected chi connectivity index (χ2v) is 5.97. The molecule has 0 saturated carbocycles. The number of amidine groups is 1. The number of nitrogens with zero attached hydrogens (tertiary/aromatic N) is 2. The number of para-hydroxylation sites is 1. The Hall–Kier alpha value is -2.13. The zero-order valence-corrected chi connectivity index (χ0v) is 12.0. The van der Waals surface area contributed by atoms with E-state index >= 15 is 0 Å². The van der Waals surface area contributed by atoms with E-state index < -0.39 is 5.60 Å². The molecule has 0 saturated heterocycles. The summed E-state index contributed by atoms with van der Waals surface area (Å²) in [4.78, 5) is 6.89. The van der Waals surface area contributed by atoms with Crippen LogP contribution < -0.4 is 4.90 Å². The number of fused-ring (bicyclic) bond motifs is 3. The number of aliphatic imine (C=N–C) groups is 1. The van der Waals surface area contributed by atoms with Gasteiger partial charge in [0, 0.05) is 24.3 Å². The first-order valence-electron chi connectivity index (χ1n) is 7.41. The molecule has 2 aliphatic heterocycles. The van der Waals surface area contributed by atoms with Crippen LogP contribution in [0.1, 0.15) is 18.1 Å². The lowest BCUT2D eigenvalue weighted by Crippen LogP contribution is -2.46. The summed E-state index contributed by atoms with van der Waals surface area (Å²) in [6, 6.07) is 17.9. The summed E-state index contributed by atoms with van der Waals surface area (Å²) in [7, 11) is 0. The molecule has 2 aromatic carbocycles. The van der Waals surface area contributed by atoms with Crippen LogP contribution in [0.4, 0.5) is 5.69 Å². The van der Waals surface area contributed by atoms with Gasteiger partial charge >= 0.3 is 0 Å². The van der Waals surface area contributed by atoms with Crippen molar-refractivity contribution in [3.63, 3.8) is 0 Å². The van der Waals surface area contributed by atoms with Crippen molar-refractivity contribution in [3.8, 4) is 0 Å². The SMILES string of the molecule is CC1CN=C2N(C1)c1ccccc1C2(O)c1ccccc1. The van der Waals surface area contributed by atoms with E-state index in [2.05, 4.69) is 17.9 Å². The zero-order chi connectivity index (χ0) is 14.4. The van der Waals surface area contributed by atoms with E-state index in [0.717, 1.165) is 35.7 Å². The van der Waals surface area contributed by atoms with Crippen molar-refractivity contribution in [2.45, 2.75) is 12.5 Å². The van der Waals surface area contributed by atoms with Crippen molar-refractivity contribution in [3.05, 3.63) is 65.7 Å². The topological polar surface area (TPSA) is 35.8 Å². The lowest BCUT2D eigenvalue weighted by atomic mass is 9.87. The van der Waals surface area contributed by atoms with Crippen LogP contribution in [0, 0.1) is 5.92 Å². The van der Waals surface area contributed by atoms with Gasteiger partial charge in [0.2, 0.25) is 0 Å². The molecule has 2 aliphatic rings. The first-order valence-corrected chi connectivity index (χ1v) is 7.41. The maximum Gasteiger partial charge on any atom is 0.174 e. The molecular formula is C18H18N2O. The fourth-order valence-electron chi connectivity index (χ4n) is 3.41. The highest BCUT2D eigenvalue weighted by molar-refractivity contribution is 6.12. The minimum absolute atomic E-state index is 0.500. The maximum absolute atomic E-state index is 11.5. The average molecular weight is 278 g/mol. The van der Waals surface area contributed by atoms with Gasteiger partial charge in [0.05, 0.1) is 0 Å².